The van der Waals surface area contributed by atoms with Gasteiger partial charge in [0.05, 0.1) is 11.2 Å². The lowest BCUT2D eigenvalue weighted by Gasteiger charge is -1.92. The third kappa shape index (κ3) is 1.95. The summed E-state index contributed by atoms with van der Waals surface area (Å²) in [7, 11) is 1.92. The molecule has 76 valence electrons. The van der Waals surface area contributed by atoms with Crippen molar-refractivity contribution in [1.82, 2.24) is 14.8 Å². The van der Waals surface area contributed by atoms with Gasteiger partial charge in [0.25, 0.3) is 0 Å². The van der Waals surface area contributed by atoms with Gasteiger partial charge in [-0.3, -0.25) is 9.67 Å². The van der Waals surface area contributed by atoms with E-state index >= 15 is 0 Å². The Kier molecular flexibility index (Phi) is 3.63. The standard InChI is InChI=1S/C8H8BrN3.C2H6/c1-5-8-7(12(2)11-5)3-6(9)4-10-8;1-2/h3-4H,1-2H3;1-2H3. The summed E-state index contributed by atoms with van der Waals surface area (Å²) < 4.78 is 2.82. The number of hydrogen-bond acceptors (Lipinski definition) is 2. The van der Waals surface area contributed by atoms with Crippen LogP contribution in [0.1, 0.15) is 19.5 Å². The molecule has 0 aliphatic heterocycles. The van der Waals surface area contributed by atoms with Crippen LogP contribution in [-0.2, 0) is 7.05 Å². The first-order chi connectivity index (χ1) is 6.68. The predicted octanol–water partition coefficient (Wildman–Crippen LogP) is 3.07. The minimum Gasteiger partial charge on any atom is -0.266 e. The molecule has 14 heavy (non-hydrogen) atoms. The minimum atomic E-state index is 0.972. The van der Waals surface area contributed by atoms with Crippen molar-refractivity contribution >= 4 is 27.0 Å². The zero-order valence-electron chi connectivity index (χ0n) is 8.87. The summed E-state index contributed by atoms with van der Waals surface area (Å²) in [4.78, 5) is 4.27. The summed E-state index contributed by atoms with van der Waals surface area (Å²) in [5, 5.41) is 4.26. The highest BCUT2D eigenvalue weighted by atomic mass is 79.9. The predicted molar refractivity (Wildman–Crippen MR) is 62.3 cm³/mol. The molecule has 0 spiro atoms. The topological polar surface area (TPSA) is 30.7 Å². The molecule has 0 aliphatic carbocycles. The summed E-state index contributed by atoms with van der Waals surface area (Å²) in [5.41, 5.74) is 3.00. The van der Waals surface area contributed by atoms with Crippen molar-refractivity contribution in [1.29, 1.82) is 0 Å². The average Bonchev–Trinajstić information content (AvgIpc) is 2.46. The molecule has 0 radical (unpaired) electrons. The maximum atomic E-state index is 4.27. The Morgan fingerprint density at radius 3 is 2.64 bits per heavy atom. The fraction of sp³-hybridized carbons (Fsp3) is 0.400. The van der Waals surface area contributed by atoms with Crippen LogP contribution in [0.5, 0.6) is 0 Å². The molecule has 0 unspecified atom stereocenters. The van der Waals surface area contributed by atoms with Gasteiger partial charge in [0.15, 0.2) is 0 Å². The Balaban J connectivity index is 0.000000461. The molecule has 0 saturated carbocycles. The molecule has 4 heteroatoms. The summed E-state index contributed by atoms with van der Waals surface area (Å²) in [6, 6.07) is 2.02. The number of aryl methyl sites for hydroxylation is 2. The Morgan fingerprint density at radius 2 is 2.00 bits per heavy atom. The first-order valence-electron chi connectivity index (χ1n) is 4.63. The van der Waals surface area contributed by atoms with Gasteiger partial charge in [-0.1, -0.05) is 13.8 Å². The molecule has 0 aromatic carbocycles. The number of halogens is 1. The highest BCUT2D eigenvalue weighted by Crippen LogP contribution is 2.18. The third-order valence-electron chi connectivity index (χ3n) is 1.83. The lowest BCUT2D eigenvalue weighted by atomic mass is 10.3. The monoisotopic (exact) mass is 255 g/mol. The molecule has 0 bridgehead atoms. The largest absolute Gasteiger partial charge is 0.266 e. The zero-order valence-corrected chi connectivity index (χ0v) is 10.5. The van der Waals surface area contributed by atoms with Crippen molar-refractivity contribution < 1.29 is 0 Å². The second kappa shape index (κ2) is 4.55. The molecule has 0 aliphatic rings. The average molecular weight is 256 g/mol. The van der Waals surface area contributed by atoms with Gasteiger partial charge < -0.3 is 0 Å². The fourth-order valence-corrected chi connectivity index (χ4v) is 1.60. The molecular weight excluding hydrogens is 242 g/mol. The molecule has 0 amide bonds. The Hall–Kier alpha value is -0.900. The van der Waals surface area contributed by atoms with Gasteiger partial charge in [0, 0.05) is 17.7 Å². The highest BCUT2D eigenvalue weighted by Gasteiger charge is 2.05. The molecule has 0 atom stereocenters. The number of fused-ring (bicyclic) bond motifs is 1. The fourth-order valence-electron chi connectivity index (χ4n) is 1.28. The van der Waals surface area contributed by atoms with Crippen molar-refractivity contribution in [2.45, 2.75) is 20.8 Å². The lowest BCUT2D eigenvalue weighted by molar-refractivity contribution is 0.783. The van der Waals surface area contributed by atoms with E-state index in [0.29, 0.717) is 0 Å². The van der Waals surface area contributed by atoms with Gasteiger partial charge in [-0.25, -0.2) is 0 Å². The van der Waals surface area contributed by atoms with E-state index in [1.54, 1.807) is 6.20 Å². The summed E-state index contributed by atoms with van der Waals surface area (Å²) >= 11 is 3.37. The molecule has 2 aromatic heterocycles. The SMILES string of the molecule is CC.Cc1nn(C)c2cc(Br)cnc12. The molecule has 0 saturated heterocycles. The number of aromatic nitrogens is 3. The van der Waals surface area contributed by atoms with Crippen molar-refractivity contribution in [3.63, 3.8) is 0 Å². The van der Waals surface area contributed by atoms with Crippen LogP contribution in [0.2, 0.25) is 0 Å². The molecule has 2 rings (SSSR count). The maximum absolute atomic E-state index is 4.27. The smallest absolute Gasteiger partial charge is 0.111 e. The number of pyridine rings is 1. The van der Waals surface area contributed by atoms with Crippen LogP contribution in [-0.4, -0.2) is 14.8 Å². The first-order valence-corrected chi connectivity index (χ1v) is 5.42. The maximum Gasteiger partial charge on any atom is 0.111 e. The van der Waals surface area contributed by atoms with Crippen LogP contribution >= 0.6 is 15.9 Å². The molecule has 3 nitrogen and oxygen atoms in total. The van der Waals surface area contributed by atoms with Gasteiger partial charge in [-0.05, 0) is 28.9 Å². The van der Waals surface area contributed by atoms with Crippen molar-refractivity contribution in [3.8, 4) is 0 Å². The van der Waals surface area contributed by atoms with Gasteiger partial charge in [0.1, 0.15) is 5.52 Å². The minimum absolute atomic E-state index is 0.972. The van der Waals surface area contributed by atoms with Gasteiger partial charge in [-0.2, -0.15) is 5.10 Å². The molecular formula is C10H14BrN3. The zero-order chi connectivity index (χ0) is 10.7. The van der Waals surface area contributed by atoms with Crippen molar-refractivity contribution in [2.75, 3.05) is 0 Å². The van der Waals surface area contributed by atoms with E-state index in [2.05, 4.69) is 26.0 Å². The van der Waals surface area contributed by atoms with Crippen LogP contribution < -0.4 is 0 Å². The number of hydrogen-bond donors (Lipinski definition) is 0. The van der Waals surface area contributed by atoms with Crippen molar-refractivity contribution in [3.05, 3.63) is 22.4 Å². The lowest BCUT2D eigenvalue weighted by Crippen LogP contribution is -1.89. The second-order valence-electron chi connectivity index (χ2n) is 2.73. The summed E-state index contributed by atoms with van der Waals surface area (Å²) in [6.07, 6.45) is 1.79. The molecule has 0 fully saturated rings. The Labute approximate surface area is 92.3 Å². The quantitative estimate of drug-likeness (QED) is 0.725. The van der Waals surface area contributed by atoms with E-state index in [-0.39, 0.29) is 0 Å². The van der Waals surface area contributed by atoms with Gasteiger partial charge in [-0.15, -0.1) is 0 Å². The summed E-state index contributed by atoms with van der Waals surface area (Å²) in [5.74, 6) is 0. The molecule has 2 heterocycles. The Bertz CT molecular complexity index is 434. The van der Waals surface area contributed by atoms with Crippen LogP contribution in [0.15, 0.2) is 16.7 Å². The summed E-state index contributed by atoms with van der Waals surface area (Å²) in [6.45, 7) is 5.96. The van der Waals surface area contributed by atoms with Crippen LogP contribution in [0.4, 0.5) is 0 Å². The van der Waals surface area contributed by atoms with Gasteiger partial charge >= 0.3 is 0 Å². The Morgan fingerprint density at radius 1 is 1.36 bits per heavy atom. The van der Waals surface area contributed by atoms with Crippen LogP contribution in [0.25, 0.3) is 11.0 Å². The third-order valence-corrected chi connectivity index (χ3v) is 2.26. The number of rotatable bonds is 0. The van der Waals surface area contributed by atoms with E-state index in [1.807, 2.05) is 38.6 Å². The van der Waals surface area contributed by atoms with E-state index in [4.69, 9.17) is 0 Å². The molecule has 2 aromatic rings. The van der Waals surface area contributed by atoms with E-state index in [1.165, 1.54) is 0 Å². The molecule has 0 N–H and O–H groups in total. The highest BCUT2D eigenvalue weighted by molar-refractivity contribution is 9.10. The van der Waals surface area contributed by atoms with Crippen molar-refractivity contribution in [2.24, 2.45) is 7.05 Å². The van der Waals surface area contributed by atoms with Crippen LogP contribution in [0, 0.1) is 6.92 Å². The normalized spacial score (nSPS) is 9.79. The van der Waals surface area contributed by atoms with Crippen LogP contribution in [0.3, 0.4) is 0 Å². The van der Waals surface area contributed by atoms with E-state index < -0.39 is 0 Å². The van der Waals surface area contributed by atoms with E-state index in [9.17, 15) is 0 Å². The second-order valence-corrected chi connectivity index (χ2v) is 3.65. The number of nitrogens with zero attached hydrogens (tertiary/aromatic N) is 3. The van der Waals surface area contributed by atoms with E-state index in [0.717, 1.165) is 21.2 Å². The first kappa shape index (κ1) is 11.2. The van der Waals surface area contributed by atoms with Gasteiger partial charge in [0.2, 0.25) is 0 Å².